The van der Waals surface area contributed by atoms with Crippen molar-refractivity contribution in [3.63, 3.8) is 0 Å². The first kappa shape index (κ1) is 23.6. The minimum atomic E-state index is -0.935. The highest BCUT2D eigenvalue weighted by Gasteiger charge is 2.30. The summed E-state index contributed by atoms with van der Waals surface area (Å²) in [6.07, 6.45) is 5.57. The largest absolute Gasteiger partial charge is 0.455 e. The maximum Gasteiger partial charge on any atom is 0.321 e. The van der Waals surface area contributed by atoms with Gasteiger partial charge in [-0.3, -0.25) is 19.7 Å². The van der Waals surface area contributed by atoms with E-state index >= 15 is 0 Å². The number of carbonyl (C=O) groups is 4. The van der Waals surface area contributed by atoms with Gasteiger partial charge in [0.25, 0.3) is 11.8 Å². The van der Waals surface area contributed by atoms with E-state index in [0.29, 0.717) is 6.07 Å². The summed E-state index contributed by atoms with van der Waals surface area (Å²) in [7, 11) is 0. The molecule has 0 unspecified atom stereocenters. The SMILES string of the molecule is O=C(COC(=O)C1CCN(C(=O)c2ccc(F)cc2F)CC1)NC(=O)NC1CCCCC1. The van der Waals surface area contributed by atoms with E-state index in [4.69, 9.17) is 4.74 Å². The van der Waals surface area contributed by atoms with Crippen LogP contribution in [0.2, 0.25) is 0 Å². The summed E-state index contributed by atoms with van der Waals surface area (Å²) in [6.45, 7) is -0.173. The minimum Gasteiger partial charge on any atom is -0.455 e. The average Bonchev–Trinajstić information content (AvgIpc) is 2.78. The number of benzene rings is 1. The van der Waals surface area contributed by atoms with E-state index in [2.05, 4.69) is 10.6 Å². The molecule has 1 aromatic rings. The zero-order chi connectivity index (χ0) is 23.1. The number of hydrogen-bond donors (Lipinski definition) is 2. The van der Waals surface area contributed by atoms with Gasteiger partial charge in [-0.1, -0.05) is 19.3 Å². The number of likely N-dealkylation sites (tertiary alicyclic amines) is 1. The lowest BCUT2D eigenvalue weighted by molar-refractivity contribution is -0.153. The van der Waals surface area contributed by atoms with E-state index in [1.165, 1.54) is 4.90 Å². The van der Waals surface area contributed by atoms with Crippen molar-refractivity contribution < 1.29 is 32.7 Å². The zero-order valence-electron chi connectivity index (χ0n) is 17.7. The van der Waals surface area contributed by atoms with Gasteiger partial charge in [0.1, 0.15) is 11.6 Å². The van der Waals surface area contributed by atoms with Crippen LogP contribution in [0.3, 0.4) is 0 Å². The van der Waals surface area contributed by atoms with E-state index in [1.54, 1.807) is 0 Å². The number of halogens is 2. The van der Waals surface area contributed by atoms with Crippen LogP contribution in [-0.2, 0) is 14.3 Å². The molecule has 2 N–H and O–H groups in total. The summed E-state index contributed by atoms with van der Waals surface area (Å²) in [4.78, 5) is 49.8. The highest BCUT2D eigenvalue weighted by atomic mass is 19.1. The molecule has 1 heterocycles. The van der Waals surface area contributed by atoms with Crippen molar-refractivity contribution in [1.82, 2.24) is 15.5 Å². The molecule has 0 atom stereocenters. The Balaban J connectivity index is 1.38. The molecule has 8 nitrogen and oxygen atoms in total. The fraction of sp³-hybridized carbons (Fsp3) is 0.545. The van der Waals surface area contributed by atoms with Gasteiger partial charge in [-0.15, -0.1) is 0 Å². The second-order valence-corrected chi connectivity index (χ2v) is 8.15. The van der Waals surface area contributed by atoms with Crippen molar-refractivity contribution in [2.45, 2.75) is 51.0 Å². The number of ether oxygens (including phenoxy) is 1. The molecule has 1 saturated carbocycles. The summed E-state index contributed by atoms with van der Waals surface area (Å²) >= 11 is 0. The van der Waals surface area contributed by atoms with Crippen molar-refractivity contribution in [2.75, 3.05) is 19.7 Å². The van der Waals surface area contributed by atoms with Crippen LogP contribution in [0.5, 0.6) is 0 Å². The van der Waals surface area contributed by atoms with Crippen LogP contribution in [0.1, 0.15) is 55.3 Å². The standard InChI is InChI=1S/C22H27F2N3O5/c23-15-6-7-17(18(24)12-15)20(29)27-10-8-14(9-11-27)21(30)32-13-19(28)26-22(31)25-16-4-2-1-3-5-16/h6-7,12,14,16H,1-5,8-11,13H2,(H2,25,26,28,31). The van der Waals surface area contributed by atoms with Crippen molar-refractivity contribution in [1.29, 1.82) is 0 Å². The molecule has 4 amide bonds. The van der Waals surface area contributed by atoms with Gasteiger partial charge < -0.3 is 15.0 Å². The molecule has 10 heteroatoms. The molecule has 1 aliphatic heterocycles. The molecule has 174 valence electrons. The molecule has 0 radical (unpaired) electrons. The maximum absolute atomic E-state index is 13.8. The summed E-state index contributed by atoms with van der Waals surface area (Å²) in [5, 5.41) is 4.89. The number of carbonyl (C=O) groups excluding carboxylic acids is 4. The summed E-state index contributed by atoms with van der Waals surface area (Å²) in [5.74, 6) is -4.09. The lowest BCUT2D eigenvalue weighted by Gasteiger charge is -2.31. The first-order valence-electron chi connectivity index (χ1n) is 10.8. The average molecular weight is 451 g/mol. The molecule has 0 bridgehead atoms. The topological polar surface area (TPSA) is 105 Å². The predicted octanol–water partition coefficient (Wildman–Crippen LogP) is 2.52. The summed E-state index contributed by atoms with van der Waals surface area (Å²) in [5.41, 5.74) is -0.226. The summed E-state index contributed by atoms with van der Waals surface area (Å²) < 4.78 is 31.9. The number of urea groups is 1. The second-order valence-electron chi connectivity index (χ2n) is 8.15. The third-order valence-electron chi connectivity index (χ3n) is 5.82. The van der Waals surface area contributed by atoms with Gasteiger partial charge in [-0.2, -0.15) is 0 Å². The van der Waals surface area contributed by atoms with E-state index in [9.17, 15) is 28.0 Å². The third-order valence-corrected chi connectivity index (χ3v) is 5.82. The maximum atomic E-state index is 13.8. The molecular formula is C22H27F2N3O5. The van der Waals surface area contributed by atoms with Gasteiger partial charge in [-0.25, -0.2) is 13.6 Å². The molecule has 1 saturated heterocycles. The van der Waals surface area contributed by atoms with Crippen molar-refractivity contribution >= 4 is 23.8 Å². The number of esters is 1. The van der Waals surface area contributed by atoms with Crippen molar-refractivity contribution in [2.24, 2.45) is 5.92 Å². The van der Waals surface area contributed by atoms with Crippen molar-refractivity contribution in [3.05, 3.63) is 35.4 Å². The number of imide groups is 1. The Morgan fingerprint density at radius 3 is 2.34 bits per heavy atom. The van der Waals surface area contributed by atoms with Crippen LogP contribution in [0, 0.1) is 17.6 Å². The highest BCUT2D eigenvalue weighted by Crippen LogP contribution is 2.21. The third kappa shape index (κ3) is 6.48. The van der Waals surface area contributed by atoms with Gasteiger partial charge in [0.15, 0.2) is 6.61 Å². The van der Waals surface area contributed by atoms with Crippen LogP contribution < -0.4 is 10.6 Å². The molecule has 3 rings (SSSR count). The Morgan fingerprint density at radius 1 is 1.00 bits per heavy atom. The predicted molar refractivity (Wildman–Crippen MR) is 109 cm³/mol. The molecule has 32 heavy (non-hydrogen) atoms. The van der Waals surface area contributed by atoms with Crippen LogP contribution >= 0.6 is 0 Å². The number of nitrogens with zero attached hydrogens (tertiary/aromatic N) is 1. The fourth-order valence-corrected chi connectivity index (χ4v) is 4.04. The van der Waals surface area contributed by atoms with Gasteiger partial charge in [0, 0.05) is 25.2 Å². The molecule has 1 aromatic carbocycles. The minimum absolute atomic E-state index is 0.0513. The fourth-order valence-electron chi connectivity index (χ4n) is 4.04. The van der Waals surface area contributed by atoms with E-state index in [-0.39, 0.29) is 37.5 Å². The molecule has 2 fully saturated rings. The lowest BCUT2D eigenvalue weighted by Crippen LogP contribution is -2.46. The normalized spacial score (nSPS) is 17.5. The van der Waals surface area contributed by atoms with Gasteiger partial charge in [0.05, 0.1) is 11.5 Å². The van der Waals surface area contributed by atoms with Gasteiger partial charge >= 0.3 is 12.0 Å². The molecular weight excluding hydrogens is 424 g/mol. The van der Waals surface area contributed by atoms with Crippen LogP contribution in [-0.4, -0.2) is 54.5 Å². The highest BCUT2D eigenvalue weighted by molar-refractivity contribution is 5.96. The first-order chi connectivity index (χ1) is 15.3. The van der Waals surface area contributed by atoms with Crippen LogP contribution in [0.15, 0.2) is 18.2 Å². The number of hydrogen-bond acceptors (Lipinski definition) is 5. The van der Waals surface area contributed by atoms with Crippen molar-refractivity contribution in [3.8, 4) is 0 Å². The Hall–Kier alpha value is -3.04. The van der Waals surface area contributed by atoms with Crippen LogP contribution in [0.4, 0.5) is 13.6 Å². The Bertz CT molecular complexity index is 865. The van der Waals surface area contributed by atoms with E-state index < -0.39 is 48.0 Å². The zero-order valence-corrected chi connectivity index (χ0v) is 17.7. The first-order valence-corrected chi connectivity index (χ1v) is 10.8. The number of amides is 4. The molecule has 2 aliphatic rings. The second kappa shape index (κ2) is 11.0. The van der Waals surface area contributed by atoms with Gasteiger partial charge in [0.2, 0.25) is 0 Å². The monoisotopic (exact) mass is 451 g/mol. The molecule has 0 aromatic heterocycles. The lowest BCUT2D eigenvalue weighted by atomic mass is 9.96. The van der Waals surface area contributed by atoms with E-state index in [1.807, 2.05) is 0 Å². The van der Waals surface area contributed by atoms with Crippen LogP contribution in [0.25, 0.3) is 0 Å². The Morgan fingerprint density at radius 2 is 1.69 bits per heavy atom. The number of piperidine rings is 1. The number of nitrogens with one attached hydrogen (secondary N) is 2. The summed E-state index contributed by atoms with van der Waals surface area (Å²) in [6, 6.07) is 2.21. The quantitative estimate of drug-likeness (QED) is 0.670. The molecule has 1 aliphatic carbocycles. The number of rotatable bonds is 5. The Kier molecular flexibility index (Phi) is 8.13. The van der Waals surface area contributed by atoms with E-state index in [0.717, 1.165) is 44.2 Å². The Labute approximate surface area is 184 Å². The van der Waals surface area contributed by atoms with Gasteiger partial charge in [-0.05, 0) is 37.8 Å². The molecule has 0 spiro atoms. The smallest absolute Gasteiger partial charge is 0.321 e.